The van der Waals surface area contributed by atoms with Crippen molar-refractivity contribution in [3.8, 4) is 0 Å². The first-order valence-corrected chi connectivity index (χ1v) is 9.21. The Bertz CT molecular complexity index is 767. The number of amides is 2. The van der Waals surface area contributed by atoms with Crippen LogP contribution in [0.15, 0.2) is 42.9 Å². The van der Waals surface area contributed by atoms with E-state index in [1.165, 1.54) is 30.7 Å². The molecule has 0 unspecified atom stereocenters. The molecule has 0 saturated carbocycles. The number of aromatic nitrogens is 2. The molecule has 0 spiro atoms. The Balaban J connectivity index is 1.46. The molecule has 1 N–H and O–H groups in total. The third-order valence-electron chi connectivity index (χ3n) is 4.75. The second-order valence-corrected chi connectivity index (χ2v) is 6.70. The topological polar surface area (TPSA) is 75.2 Å². The van der Waals surface area contributed by atoms with E-state index in [-0.39, 0.29) is 23.7 Å². The van der Waals surface area contributed by atoms with Gasteiger partial charge in [-0.2, -0.15) is 0 Å². The molecular formula is C20H23FN4O2. The quantitative estimate of drug-likeness (QED) is 0.877. The number of halogens is 1. The summed E-state index contributed by atoms with van der Waals surface area (Å²) in [4.78, 5) is 34.5. The molecule has 2 heterocycles. The molecule has 6 nitrogen and oxygen atoms in total. The summed E-state index contributed by atoms with van der Waals surface area (Å²) < 4.78 is 12.9. The van der Waals surface area contributed by atoms with Crippen molar-refractivity contribution in [3.63, 3.8) is 0 Å². The Morgan fingerprint density at radius 1 is 1.15 bits per heavy atom. The van der Waals surface area contributed by atoms with Crippen molar-refractivity contribution < 1.29 is 14.0 Å². The first kappa shape index (κ1) is 18.9. The van der Waals surface area contributed by atoms with E-state index in [4.69, 9.17) is 0 Å². The van der Waals surface area contributed by atoms with Crippen LogP contribution in [0.4, 0.5) is 4.39 Å². The SMILES string of the molecule is O=C(N[C@H]1CCCN(C(=O)CCc2ccc(F)cc2)CC1)c1cnccn1. The second-order valence-electron chi connectivity index (χ2n) is 6.70. The predicted molar refractivity (Wildman–Crippen MR) is 98.4 cm³/mol. The molecule has 0 aliphatic carbocycles. The molecule has 1 atom stereocenters. The maximum Gasteiger partial charge on any atom is 0.271 e. The van der Waals surface area contributed by atoms with E-state index in [0.717, 1.165) is 18.4 Å². The van der Waals surface area contributed by atoms with Crippen LogP contribution in [0.2, 0.25) is 0 Å². The lowest BCUT2D eigenvalue weighted by Crippen LogP contribution is -2.37. The van der Waals surface area contributed by atoms with Gasteiger partial charge in [-0.3, -0.25) is 14.6 Å². The average molecular weight is 370 g/mol. The van der Waals surface area contributed by atoms with E-state index < -0.39 is 0 Å². The third kappa shape index (κ3) is 5.57. The second kappa shape index (κ2) is 9.21. The Morgan fingerprint density at radius 2 is 1.96 bits per heavy atom. The van der Waals surface area contributed by atoms with Crippen molar-refractivity contribution in [2.75, 3.05) is 13.1 Å². The first-order chi connectivity index (χ1) is 13.1. The molecule has 0 radical (unpaired) electrons. The highest BCUT2D eigenvalue weighted by Gasteiger charge is 2.22. The van der Waals surface area contributed by atoms with E-state index >= 15 is 0 Å². The van der Waals surface area contributed by atoms with Crippen LogP contribution >= 0.6 is 0 Å². The van der Waals surface area contributed by atoms with Crippen LogP contribution in [0.5, 0.6) is 0 Å². The van der Waals surface area contributed by atoms with Gasteiger partial charge in [0.05, 0.1) is 6.20 Å². The van der Waals surface area contributed by atoms with Crippen molar-refractivity contribution in [1.82, 2.24) is 20.2 Å². The summed E-state index contributed by atoms with van der Waals surface area (Å²) in [6.07, 6.45) is 7.85. The van der Waals surface area contributed by atoms with Gasteiger partial charge in [-0.25, -0.2) is 9.37 Å². The van der Waals surface area contributed by atoms with Crippen LogP contribution in [-0.2, 0) is 11.2 Å². The summed E-state index contributed by atoms with van der Waals surface area (Å²) in [7, 11) is 0. The van der Waals surface area contributed by atoms with Crippen LogP contribution in [0.3, 0.4) is 0 Å². The monoisotopic (exact) mass is 370 g/mol. The molecule has 1 aliphatic rings. The zero-order chi connectivity index (χ0) is 19.1. The Kier molecular flexibility index (Phi) is 6.46. The number of carbonyl (C=O) groups is 2. The lowest BCUT2D eigenvalue weighted by molar-refractivity contribution is -0.131. The Hall–Kier alpha value is -2.83. The van der Waals surface area contributed by atoms with Gasteiger partial charge in [0.15, 0.2) is 0 Å². The van der Waals surface area contributed by atoms with E-state index in [1.807, 2.05) is 4.90 Å². The number of hydrogen-bond acceptors (Lipinski definition) is 4. The highest BCUT2D eigenvalue weighted by molar-refractivity contribution is 5.92. The highest BCUT2D eigenvalue weighted by Crippen LogP contribution is 2.14. The van der Waals surface area contributed by atoms with Crippen molar-refractivity contribution >= 4 is 11.8 Å². The standard InChI is InChI=1S/C20H23FN4O2/c21-16-6-3-15(4-7-16)5-8-19(26)25-12-1-2-17(9-13-25)24-20(27)18-14-22-10-11-23-18/h3-4,6-7,10-11,14,17H,1-2,5,8-9,12-13H2,(H,24,27)/t17-/m0/s1. The van der Waals surface area contributed by atoms with Crippen LogP contribution in [0.25, 0.3) is 0 Å². The number of aryl methyl sites for hydroxylation is 1. The van der Waals surface area contributed by atoms with Crippen molar-refractivity contribution in [1.29, 1.82) is 0 Å². The molecule has 1 fully saturated rings. The van der Waals surface area contributed by atoms with Gasteiger partial charge in [-0.1, -0.05) is 12.1 Å². The van der Waals surface area contributed by atoms with E-state index in [2.05, 4.69) is 15.3 Å². The summed E-state index contributed by atoms with van der Waals surface area (Å²) in [5, 5.41) is 2.98. The van der Waals surface area contributed by atoms with Gasteiger partial charge in [-0.05, 0) is 43.4 Å². The molecule has 3 rings (SSSR count). The predicted octanol–water partition coefficient (Wildman–Crippen LogP) is 2.36. The number of hydrogen-bond donors (Lipinski definition) is 1. The fourth-order valence-corrected chi connectivity index (χ4v) is 3.23. The zero-order valence-corrected chi connectivity index (χ0v) is 15.1. The minimum Gasteiger partial charge on any atom is -0.348 e. The van der Waals surface area contributed by atoms with E-state index in [1.54, 1.807) is 12.1 Å². The summed E-state index contributed by atoms with van der Waals surface area (Å²) in [6.45, 7) is 1.31. The zero-order valence-electron chi connectivity index (χ0n) is 15.1. The minimum atomic E-state index is -0.271. The molecule has 2 aromatic rings. The van der Waals surface area contributed by atoms with Crippen LogP contribution < -0.4 is 5.32 Å². The van der Waals surface area contributed by atoms with Gasteiger partial charge in [0.2, 0.25) is 5.91 Å². The van der Waals surface area contributed by atoms with Gasteiger partial charge >= 0.3 is 0 Å². The molecular weight excluding hydrogens is 347 g/mol. The Morgan fingerprint density at radius 3 is 2.70 bits per heavy atom. The molecule has 1 saturated heterocycles. The normalized spacial score (nSPS) is 17.2. The molecule has 7 heteroatoms. The summed E-state index contributed by atoms with van der Waals surface area (Å²) in [6, 6.07) is 6.27. The lowest BCUT2D eigenvalue weighted by Gasteiger charge is -2.21. The fraction of sp³-hybridized carbons (Fsp3) is 0.400. The molecule has 1 aromatic heterocycles. The number of rotatable bonds is 5. The van der Waals surface area contributed by atoms with Gasteiger partial charge in [0.25, 0.3) is 5.91 Å². The van der Waals surface area contributed by atoms with Gasteiger partial charge in [0.1, 0.15) is 11.5 Å². The summed E-state index contributed by atoms with van der Waals surface area (Å²) in [5.74, 6) is -0.406. The summed E-state index contributed by atoms with van der Waals surface area (Å²) >= 11 is 0. The number of benzene rings is 1. The molecule has 2 amide bonds. The third-order valence-corrected chi connectivity index (χ3v) is 4.75. The maximum absolute atomic E-state index is 12.9. The van der Waals surface area contributed by atoms with E-state index in [0.29, 0.717) is 38.0 Å². The smallest absolute Gasteiger partial charge is 0.271 e. The first-order valence-electron chi connectivity index (χ1n) is 9.21. The molecule has 1 aliphatic heterocycles. The van der Waals surface area contributed by atoms with Crippen LogP contribution in [0.1, 0.15) is 41.7 Å². The minimum absolute atomic E-state index is 0.0226. The Labute approximate surface area is 157 Å². The van der Waals surface area contributed by atoms with Crippen molar-refractivity contribution in [2.24, 2.45) is 0 Å². The molecule has 142 valence electrons. The molecule has 27 heavy (non-hydrogen) atoms. The average Bonchev–Trinajstić information content (AvgIpc) is 2.93. The van der Waals surface area contributed by atoms with Crippen LogP contribution in [-0.4, -0.2) is 45.8 Å². The van der Waals surface area contributed by atoms with Crippen LogP contribution in [0, 0.1) is 5.82 Å². The number of carbonyl (C=O) groups excluding carboxylic acids is 2. The van der Waals surface area contributed by atoms with Gasteiger partial charge in [-0.15, -0.1) is 0 Å². The van der Waals surface area contributed by atoms with Crippen molar-refractivity contribution in [3.05, 3.63) is 59.9 Å². The molecule has 1 aromatic carbocycles. The fourth-order valence-electron chi connectivity index (χ4n) is 3.23. The summed E-state index contributed by atoms with van der Waals surface area (Å²) in [5.41, 5.74) is 1.25. The largest absolute Gasteiger partial charge is 0.348 e. The van der Waals surface area contributed by atoms with Gasteiger partial charge < -0.3 is 10.2 Å². The van der Waals surface area contributed by atoms with Gasteiger partial charge in [0, 0.05) is 37.9 Å². The molecule has 0 bridgehead atoms. The van der Waals surface area contributed by atoms with Crippen molar-refractivity contribution in [2.45, 2.75) is 38.1 Å². The number of likely N-dealkylation sites (tertiary alicyclic amines) is 1. The number of nitrogens with one attached hydrogen (secondary N) is 1. The highest BCUT2D eigenvalue weighted by atomic mass is 19.1. The maximum atomic E-state index is 12.9. The lowest BCUT2D eigenvalue weighted by atomic mass is 10.1. The van der Waals surface area contributed by atoms with E-state index in [9.17, 15) is 14.0 Å². The number of nitrogens with zero attached hydrogens (tertiary/aromatic N) is 3.